The van der Waals surface area contributed by atoms with Gasteiger partial charge in [0.2, 0.25) is 0 Å². The van der Waals surface area contributed by atoms with Crippen LogP contribution in [0.4, 0.5) is 0 Å². The van der Waals surface area contributed by atoms with E-state index >= 15 is 0 Å². The second-order valence-corrected chi connectivity index (χ2v) is 8.80. The molecule has 2 saturated carbocycles. The van der Waals surface area contributed by atoms with E-state index in [-0.39, 0.29) is 0 Å². The summed E-state index contributed by atoms with van der Waals surface area (Å²) in [7, 11) is 0. The first-order valence-electron chi connectivity index (χ1n) is 11.6. The number of hydrogen-bond acceptors (Lipinski definition) is 0. The first-order chi connectivity index (χ1) is 13.6. The normalized spacial score (nSPS) is 17.0. The number of benzene rings is 2. The molecule has 156 valence electrons. The van der Waals surface area contributed by atoms with Crippen molar-refractivity contribution in [3.63, 3.8) is 0 Å². The topological polar surface area (TPSA) is 0 Å². The molecule has 2 aliphatic rings. The zero-order valence-corrected chi connectivity index (χ0v) is 19.0. The molecule has 0 bridgehead atoms. The predicted octanol–water partition coefficient (Wildman–Crippen LogP) is 9.16. The lowest BCUT2D eigenvalue weighted by atomic mass is 9.91. The maximum atomic E-state index is 2.36. The molecule has 0 heteroatoms. The molecule has 0 radical (unpaired) electrons. The zero-order chi connectivity index (χ0) is 20.5. The molecule has 0 aliphatic heterocycles. The molecule has 0 heterocycles. The minimum absolute atomic E-state index is 1.04. The van der Waals surface area contributed by atoms with Gasteiger partial charge in [0.25, 0.3) is 0 Å². The summed E-state index contributed by atoms with van der Waals surface area (Å²) in [4.78, 5) is 0. The van der Waals surface area contributed by atoms with Gasteiger partial charge in [-0.2, -0.15) is 0 Å². The van der Waals surface area contributed by atoms with Crippen LogP contribution in [0.15, 0.2) is 60.7 Å². The van der Waals surface area contributed by atoms with Crippen LogP contribution < -0.4 is 0 Å². The van der Waals surface area contributed by atoms with Crippen LogP contribution >= 0.6 is 0 Å². The van der Waals surface area contributed by atoms with Crippen molar-refractivity contribution >= 4 is 0 Å². The van der Waals surface area contributed by atoms with Crippen molar-refractivity contribution in [2.45, 2.75) is 91.9 Å². The summed E-state index contributed by atoms with van der Waals surface area (Å²) in [5.74, 6) is 2.07. The SMILES string of the molecule is CC1CCCCC1.CC1CCCCC1.Cc1ccccc1.Cc1ccccc1. The summed E-state index contributed by atoms with van der Waals surface area (Å²) < 4.78 is 0. The van der Waals surface area contributed by atoms with Crippen LogP contribution in [0.25, 0.3) is 0 Å². The van der Waals surface area contributed by atoms with Gasteiger partial charge in [0.05, 0.1) is 0 Å². The second kappa shape index (κ2) is 16.4. The molecule has 0 unspecified atom stereocenters. The van der Waals surface area contributed by atoms with Crippen LogP contribution in [0.3, 0.4) is 0 Å². The van der Waals surface area contributed by atoms with Crippen molar-refractivity contribution in [1.29, 1.82) is 0 Å². The highest BCUT2D eigenvalue weighted by atomic mass is 14.1. The maximum absolute atomic E-state index is 2.36. The Kier molecular flexibility index (Phi) is 14.3. The van der Waals surface area contributed by atoms with Gasteiger partial charge in [-0.05, 0) is 25.7 Å². The third kappa shape index (κ3) is 14.5. The zero-order valence-electron chi connectivity index (χ0n) is 19.0. The highest BCUT2D eigenvalue weighted by Gasteiger charge is 2.06. The molecule has 4 rings (SSSR count). The quantitative estimate of drug-likeness (QED) is 0.427. The molecular weight excluding hydrogens is 336 g/mol. The van der Waals surface area contributed by atoms with Gasteiger partial charge in [0, 0.05) is 0 Å². The van der Waals surface area contributed by atoms with Gasteiger partial charge in [-0.25, -0.2) is 0 Å². The Morgan fingerprint density at radius 3 is 0.893 bits per heavy atom. The molecule has 28 heavy (non-hydrogen) atoms. The highest BCUT2D eigenvalue weighted by Crippen LogP contribution is 2.22. The fourth-order valence-electron chi connectivity index (χ4n) is 3.68. The van der Waals surface area contributed by atoms with Gasteiger partial charge in [0.1, 0.15) is 0 Å². The van der Waals surface area contributed by atoms with Crippen LogP contribution in [-0.4, -0.2) is 0 Å². The van der Waals surface area contributed by atoms with E-state index < -0.39 is 0 Å². The van der Waals surface area contributed by atoms with E-state index in [1.165, 1.54) is 75.3 Å². The summed E-state index contributed by atoms with van der Waals surface area (Å²) in [5, 5.41) is 0. The van der Waals surface area contributed by atoms with Crippen molar-refractivity contribution < 1.29 is 0 Å². The lowest BCUT2D eigenvalue weighted by Crippen LogP contribution is -1.99. The van der Waals surface area contributed by atoms with E-state index in [1.54, 1.807) is 0 Å². The lowest BCUT2D eigenvalue weighted by molar-refractivity contribution is 0.385. The number of rotatable bonds is 0. The van der Waals surface area contributed by atoms with Crippen LogP contribution in [-0.2, 0) is 0 Å². The summed E-state index contributed by atoms with van der Waals surface area (Å²) in [5.41, 5.74) is 2.64. The Morgan fingerprint density at radius 1 is 0.464 bits per heavy atom. The molecular formula is C28H44. The fraction of sp³-hybridized carbons (Fsp3) is 0.571. The average molecular weight is 381 g/mol. The van der Waals surface area contributed by atoms with E-state index in [4.69, 9.17) is 0 Å². The highest BCUT2D eigenvalue weighted by molar-refractivity contribution is 5.12. The first kappa shape index (κ1) is 24.5. The molecule has 0 saturated heterocycles. The first-order valence-corrected chi connectivity index (χ1v) is 11.6. The van der Waals surface area contributed by atoms with Gasteiger partial charge >= 0.3 is 0 Å². The summed E-state index contributed by atoms with van der Waals surface area (Å²) in [6.45, 7) is 8.89. The predicted molar refractivity (Wildman–Crippen MR) is 127 cm³/mol. The molecule has 0 spiro atoms. The van der Waals surface area contributed by atoms with E-state index in [1.807, 2.05) is 36.4 Å². The summed E-state index contributed by atoms with van der Waals surface area (Å²) >= 11 is 0. The minimum Gasteiger partial charge on any atom is -0.0625 e. The van der Waals surface area contributed by atoms with Gasteiger partial charge in [-0.15, -0.1) is 0 Å². The lowest BCUT2D eigenvalue weighted by Gasteiger charge is -2.15. The molecule has 0 nitrogen and oxygen atoms in total. The Labute approximate surface area is 175 Å². The van der Waals surface area contributed by atoms with Crippen LogP contribution in [0, 0.1) is 25.7 Å². The average Bonchev–Trinajstić information content (AvgIpc) is 2.72. The molecule has 2 aromatic rings. The Bertz CT molecular complexity index is 492. The smallest absolute Gasteiger partial charge is 0.0398 e. The summed E-state index contributed by atoms with van der Waals surface area (Å²) in [6, 6.07) is 20.5. The third-order valence-corrected chi connectivity index (χ3v) is 5.67. The van der Waals surface area contributed by atoms with E-state index in [0.29, 0.717) is 0 Å². The van der Waals surface area contributed by atoms with E-state index in [9.17, 15) is 0 Å². The van der Waals surface area contributed by atoms with Gasteiger partial charge < -0.3 is 0 Å². The van der Waals surface area contributed by atoms with E-state index in [2.05, 4.69) is 52.0 Å². The van der Waals surface area contributed by atoms with Gasteiger partial charge in [-0.3, -0.25) is 0 Å². The Hall–Kier alpha value is -1.56. The summed E-state index contributed by atoms with van der Waals surface area (Å²) in [6.07, 6.45) is 14.9. The van der Waals surface area contributed by atoms with Crippen molar-refractivity contribution in [3.8, 4) is 0 Å². The molecule has 0 N–H and O–H groups in total. The fourth-order valence-corrected chi connectivity index (χ4v) is 3.68. The van der Waals surface area contributed by atoms with Crippen LogP contribution in [0.1, 0.15) is 89.2 Å². The Balaban J connectivity index is 0.000000187. The number of aryl methyl sites for hydroxylation is 2. The second-order valence-electron chi connectivity index (χ2n) is 8.80. The van der Waals surface area contributed by atoms with Crippen molar-refractivity contribution in [2.24, 2.45) is 11.8 Å². The Morgan fingerprint density at radius 2 is 0.750 bits per heavy atom. The van der Waals surface area contributed by atoms with Crippen molar-refractivity contribution in [3.05, 3.63) is 71.8 Å². The van der Waals surface area contributed by atoms with Crippen molar-refractivity contribution in [2.75, 3.05) is 0 Å². The third-order valence-electron chi connectivity index (χ3n) is 5.67. The monoisotopic (exact) mass is 380 g/mol. The largest absolute Gasteiger partial charge is 0.0625 e. The molecule has 0 amide bonds. The molecule has 2 fully saturated rings. The van der Waals surface area contributed by atoms with E-state index in [0.717, 1.165) is 11.8 Å². The number of hydrogen-bond donors (Lipinski definition) is 0. The molecule has 0 atom stereocenters. The maximum Gasteiger partial charge on any atom is -0.0398 e. The standard InChI is InChI=1S/2C7H14.2C7H8/c4*1-7-5-3-2-4-6-7/h2*7H,2-6H2,1H3;2*2-6H,1H3. The molecule has 2 aromatic carbocycles. The van der Waals surface area contributed by atoms with Crippen molar-refractivity contribution in [1.82, 2.24) is 0 Å². The minimum atomic E-state index is 1.04. The van der Waals surface area contributed by atoms with Crippen LogP contribution in [0.5, 0.6) is 0 Å². The van der Waals surface area contributed by atoms with Gasteiger partial charge in [0.15, 0.2) is 0 Å². The van der Waals surface area contributed by atoms with Crippen LogP contribution in [0.2, 0.25) is 0 Å². The molecule has 0 aromatic heterocycles. The molecule has 2 aliphatic carbocycles. The van der Waals surface area contributed by atoms with Gasteiger partial charge in [-0.1, -0.05) is 150 Å².